The van der Waals surface area contributed by atoms with Gasteiger partial charge in [-0.1, -0.05) is 19.4 Å². The van der Waals surface area contributed by atoms with Crippen LogP contribution in [0.3, 0.4) is 0 Å². The Morgan fingerprint density at radius 2 is 1.73 bits per heavy atom. The van der Waals surface area contributed by atoms with Crippen molar-refractivity contribution >= 4 is 0 Å². The Hall–Kier alpha value is -2.07. The lowest BCUT2D eigenvalue weighted by molar-refractivity contribution is -0.697. The van der Waals surface area contributed by atoms with Gasteiger partial charge in [0.05, 0.1) is 0 Å². The van der Waals surface area contributed by atoms with Crippen LogP contribution in [0.5, 0.6) is 0 Å². The van der Waals surface area contributed by atoms with Crippen LogP contribution < -0.4 is 9.88 Å². The first kappa shape index (κ1) is 12.9. The molecule has 0 aliphatic carbocycles. The fourth-order valence-corrected chi connectivity index (χ4v) is 0.949. The summed E-state index contributed by atoms with van der Waals surface area (Å²) in [7, 11) is 0. The van der Waals surface area contributed by atoms with Gasteiger partial charge in [0.15, 0.2) is 24.8 Å². The molecule has 0 radical (unpaired) electrons. The van der Waals surface area contributed by atoms with Crippen LogP contribution in [0, 0.1) is 22.9 Å². The van der Waals surface area contributed by atoms with Gasteiger partial charge in [0, 0.05) is 18.6 Å². The van der Waals surface area contributed by atoms with Gasteiger partial charge in [-0.05, 0) is 0 Å². The van der Waals surface area contributed by atoms with Crippen molar-refractivity contribution in [2.45, 2.75) is 26.3 Å². The lowest BCUT2D eigenvalue weighted by Crippen LogP contribution is -2.31. The number of nitriles is 2. The number of nitrogens with one attached hydrogen (secondary N) is 1. The first-order chi connectivity index (χ1) is 7.35. The monoisotopic (exact) mass is 203 g/mol. The molecule has 0 spiro atoms. The predicted octanol–water partition coefficient (Wildman–Crippen LogP) is 1.31. The van der Waals surface area contributed by atoms with Gasteiger partial charge in [-0.15, -0.1) is 0 Å². The molecule has 0 aromatic carbocycles. The number of hydrogen-bond donors (Lipinski definition) is 1. The number of aryl methyl sites for hydroxylation is 1. The fraction of sp³-hybridized carbons (Fsp3) is 0.364. The summed E-state index contributed by atoms with van der Waals surface area (Å²) in [6.07, 6.45) is 9.56. The minimum Gasteiger partial charge on any atom is -0.229 e. The zero-order valence-corrected chi connectivity index (χ0v) is 8.85. The van der Waals surface area contributed by atoms with E-state index in [9.17, 15) is 0 Å². The SMILES string of the molecule is CCCC[n+]1ccccc1.N#CNC#N. The molecule has 0 aliphatic heterocycles. The third kappa shape index (κ3) is 8.27. The van der Waals surface area contributed by atoms with Gasteiger partial charge in [-0.2, -0.15) is 10.5 Å². The van der Waals surface area contributed by atoms with Gasteiger partial charge in [0.2, 0.25) is 0 Å². The molecule has 15 heavy (non-hydrogen) atoms. The van der Waals surface area contributed by atoms with E-state index in [-0.39, 0.29) is 0 Å². The van der Waals surface area contributed by atoms with E-state index in [1.807, 2.05) is 6.07 Å². The average molecular weight is 203 g/mol. The summed E-state index contributed by atoms with van der Waals surface area (Å²) in [5.74, 6) is 0. The first-order valence-corrected chi connectivity index (χ1v) is 4.82. The number of aromatic nitrogens is 1. The Kier molecular flexibility index (Phi) is 8.63. The summed E-state index contributed by atoms with van der Waals surface area (Å²) in [4.78, 5) is 0. The molecule has 0 atom stereocenters. The highest BCUT2D eigenvalue weighted by atomic mass is 14.9. The van der Waals surface area contributed by atoms with Crippen molar-refractivity contribution < 1.29 is 4.57 Å². The van der Waals surface area contributed by atoms with Crippen molar-refractivity contribution in [2.75, 3.05) is 0 Å². The van der Waals surface area contributed by atoms with E-state index in [0.717, 1.165) is 6.54 Å². The highest BCUT2D eigenvalue weighted by Gasteiger charge is 1.93. The van der Waals surface area contributed by atoms with Gasteiger partial charge < -0.3 is 0 Å². The van der Waals surface area contributed by atoms with Crippen molar-refractivity contribution in [3.63, 3.8) is 0 Å². The molecule has 0 amide bonds. The van der Waals surface area contributed by atoms with E-state index in [4.69, 9.17) is 10.5 Å². The van der Waals surface area contributed by atoms with Crippen molar-refractivity contribution in [3.05, 3.63) is 30.6 Å². The van der Waals surface area contributed by atoms with Crippen LogP contribution >= 0.6 is 0 Å². The number of unbranched alkanes of at least 4 members (excludes halogenated alkanes) is 1. The van der Waals surface area contributed by atoms with Crippen LogP contribution in [-0.2, 0) is 6.54 Å². The molecule has 1 heterocycles. The Morgan fingerprint density at radius 1 is 1.13 bits per heavy atom. The van der Waals surface area contributed by atoms with E-state index in [0.29, 0.717) is 0 Å². The maximum Gasteiger partial charge on any atom is 0.190 e. The van der Waals surface area contributed by atoms with Gasteiger partial charge in [0.25, 0.3) is 0 Å². The zero-order chi connectivity index (χ0) is 11.4. The molecular weight excluding hydrogens is 188 g/mol. The molecule has 78 valence electrons. The van der Waals surface area contributed by atoms with Gasteiger partial charge in [0.1, 0.15) is 6.54 Å². The molecule has 1 N–H and O–H groups in total. The van der Waals surface area contributed by atoms with E-state index >= 15 is 0 Å². The molecule has 0 bridgehead atoms. The van der Waals surface area contributed by atoms with Crippen LogP contribution in [0.4, 0.5) is 0 Å². The molecular formula is C11H15N4+. The van der Waals surface area contributed by atoms with Crippen molar-refractivity contribution in [2.24, 2.45) is 0 Å². The van der Waals surface area contributed by atoms with Crippen LogP contribution in [-0.4, -0.2) is 0 Å². The van der Waals surface area contributed by atoms with Crippen LogP contribution in [0.15, 0.2) is 30.6 Å². The quantitative estimate of drug-likeness (QED) is 0.457. The average Bonchev–Trinajstić information content (AvgIpc) is 2.30. The van der Waals surface area contributed by atoms with Gasteiger partial charge in [-0.3, -0.25) is 0 Å². The second-order valence-corrected chi connectivity index (χ2v) is 2.82. The molecule has 1 aromatic heterocycles. The topological polar surface area (TPSA) is 63.5 Å². The molecule has 4 nitrogen and oxygen atoms in total. The lowest BCUT2D eigenvalue weighted by Gasteiger charge is -1.91. The first-order valence-electron chi connectivity index (χ1n) is 4.82. The minimum absolute atomic E-state index is 1.15. The largest absolute Gasteiger partial charge is 0.229 e. The Labute approximate surface area is 90.4 Å². The fourth-order valence-electron chi connectivity index (χ4n) is 0.949. The summed E-state index contributed by atoms with van der Waals surface area (Å²) < 4.78 is 2.21. The third-order valence-electron chi connectivity index (χ3n) is 1.66. The highest BCUT2D eigenvalue weighted by Crippen LogP contribution is 1.85. The maximum atomic E-state index is 7.48. The smallest absolute Gasteiger partial charge is 0.190 e. The molecule has 0 unspecified atom stereocenters. The highest BCUT2D eigenvalue weighted by molar-refractivity contribution is 4.83. The standard InChI is InChI=1S/C9H14N.C2HN3/c1-2-3-7-10-8-5-4-6-9-10;3-1-5-2-4/h4-6,8-9H,2-3,7H2,1H3;5H/q+1;. The molecule has 0 aliphatic rings. The Bertz CT molecular complexity index is 309. The Morgan fingerprint density at radius 3 is 2.13 bits per heavy atom. The number of hydrogen-bond acceptors (Lipinski definition) is 3. The van der Waals surface area contributed by atoms with Crippen LogP contribution in [0.2, 0.25) is 0 Å². The number of pyridine rings is 1. The molecule has 0 saturated heterocycles. The second-order valence-electron chi connectivity index (χ2n) is 2.82. The summed E-state index contributed by atoms with van der Waals surface area (Å²) in [5.41, 5.74) is 0. The van der Waals surface area contributed by atoms with Crippen molar-refractivity contribution in [1.82, 2.24) is 5.32 Å². The Balaban J connectivity index is 0.000000336. The third-order valence-corrected chi connectivity index (χ3v) is 1.66. The predicted molar refractivity (Wildman–Crippen MR) is 55.9 cm³/mol. The zero-order valence-electron chi connectivity index (χ0n) is 8.85. The second kappa shape index (κ2) is 10.0. The summed E-state index contributed by atoms with van der Waals surface area (Å²) in [6, 6.07) is 6.17. The molecule has 0 saturated carbocycles. The number of rotatable bonds is 3. The molecule has 1 rings (SSSR count). The van der Waals surface area contributed by atoms with Crippen LogP contribution in [0.1, 0.15) is 19.8 Å². The van der Waals surface area contributed by atoms with E-state index in [1.165, 1.54) is 25.2 Å². The van der Waals surface area contributed by atoms with E-state index in [1.54, 1.807) is 5.32 Å². The van der Waals surface area contributed by atoms with Crippen molar-refractivity contribution in [1.29, 1.82) is 10.5 Å². The van der Waals surface area contributed by atoms with Gasteiger partial charge in [-0.25, -0.2) is 9.88 Å². The summed E-state index contributed by atoms with van der Waals surface area (Å²) in [5, 5.41) is 16.7. The summed E-state index contributed by atoms with van der Waals surface area (Å²) in [6.45, 7) is 3.36. The molecule has 1 aromatic rings. The van der Waals surface area contributed by atoms with E-state index in [2.05, 4.69) is 36.0 Å². The van der Waals surface area contributed by atoms with Crippen molar-refractivity contribution in [3.8, 4) is 12.4 Å². The minimum atomic E-state index is 1.15. The van der Waals surface area contributed by atoms with Crippen LogP contribution in [0.25, 0.3) is 0 Å². The van der Waals surface area contributed by atoms with E-state index < -0.39 is 0 Å². The van der Waals surface area contributed by atoms with Gasteiger partial charge >= 0.3 is 0 Å². The normalized spacial score (nSPS) is 7.67. The molecule has 0 fully saturated rings. The molecule has 4 heteroatoms. The maximum absolute atomic E-state index is 7.48. The summed E-state index contributed by atoms with van der Waals surface area (Å²) >= 11 is 0. The lowest BCUT2D eigenvalue weighted by atomic mass is 10.3. The number of nitrogens with zero attached hydrogens (tertiary/aromatic N) is 3.